The third-order valence-electron chi connectivity index (χ3n) is 2.31. The zero-order chi connectivity index (χ0) is 11.3. The van der Waals surface area contributed by atoms with E-state index in [4.69, 9.17) is 5.73 Å². The van der Waals surface area contributed by atoms with Gasteiger partial charge in [0, 0.05) is 5.25 Å². The van der Waals surface area contributed by atoms with Crippen molar-refractivity contribution in [1.82, 2.24) is 0 Å². The van der Waals surface area contributed by atoms with Crippen molar-refractivity contribution in [2.75, 3.05) is 0 Å². The summed E-state index contributed by atoms with van der Waals surface area (Å²) >= 11 is 1.63. The zero-order valence-electron chi connectivity index (χ0n) is 9.14. The number of amides is 1. The van der Waals surface area contributed by atoms with Gasteiger partial charge in [0.05, 0.1) is 5.25 Å². The van der Waals surface area contributed by atoms with E-state index in [0.29, 0.717) is 5.25 Å². The van der Waals surface area contributed by atoms with E-state index in [9.17, 15) is 4.79 Å². The molecule has 0 spiro atoms. The quantitative estimate of drug-likeness (QED) is 0.834. The predicted molar refractivity (Wildman–Crippen MR) is 65.7 cm³/mol. The molecule has 1 rings (SSSR count). The number of thioether (sulfide) groups is 1. The Morgan fingerprint density at radius 1 is 1.40 bits per heavy atom. The van der Waals surface area contributed by atoms with Gasteiger partial charge in [-0.15, -0.1) is 11.8 Å². The van der Waals surface area contributed by atoms with Crippen LogP contribution in [0.15, 0.2) is 30.3 Å². The first-order valence-electron chi connectivity index (χ1n) is 5.14. The molecule has 0 heterocycles. The summed E-state index contributed by atoms with van der Waals surface area (Å²) in [4.78, 5) is 11.0. The van der Waals surface area contributed by atoms with E-state index in [2.05, 4.69) is 19.1 Å². The maximum Gasteiger partial charge on any atom is 0.230 e. The highest BCUT2D eigenvalue weighted by Crippen LogP contribution is 2.34. The molecule has 1 aromatic carbocycles. The molecule has 15 heavy (non-hydrogen) atoms. The van der Waals surface area contributed by atoms with E-state index in [1.165, 1.54) is 5.56 Å². The Bertz CT molecular complexity index is 313. The Labute approximate surface area is 95.2 Å². The number of benzene rings is 1. The third-order valence-corrected chi connectivity index (χ3v) is 3.89. The molecular formula is C12H17NOS. The number of hydrogen-bond donors (Lipinski definition) is 1. The monoisotopic (exact) mass is 223 g/mol. The summed E-state index contributed by atoms with van der Waals surface area (Å²) in [5.41, 5.74) is 6.52. The third kappa shape index (κ3) is 3.59. The van der Waals surface area contributed by atoms with E-state index in [-0.39, 0.29) is 11.2 Å². The molecule has 1 amide bonds. The maximum absolute atomic E-state index is 11.0. The molecule has 1 aromatic rings. The lowest BCUT2D eigenvalue weighted by Crippen LogP contribution is -2.23. The molecule has 2 N–H and O–H groups in total. The van der Waals surface area contributed by atoms with Gasteiger partial charge in [0.2, 0.25) is 5.91 Å². The number of carbonyl (C=O) groups is 1. The van der Waals surface area contributed by atoms with Crippen LogP contribution in [0.5, 0.6) is 0 Å². The smallest absolute Gasteiger partial charge is 0.230 e. The van der Waals surface area contributed by atoms with Crippen molar-refractivity contribution in [3.05, 3.63) is 35.9 Å². The zero-order valence-corrected chi connectivity index (χ0v) is 9.96. The Morgan fingerprint density at radius 2 is 2.00 bits per heavy atom. The average Bonchev–Trinajstić information content (AvgIpc) is 2.26. The van der Waals surface area contributed by atoms with Crippen LogP contribution in [0.2, 0.25) is 0 Å². The van der Waals surface area contributed by atoms with Crippen LogP contribution in [0.1, 0.15) is 31.1 Å². The van der Waals surface area contributed by atoms with Gasteiger partial charge in [0.1, 0.15) is 0 Å². The van der Waals surface area contributed by atoms with E-state index in [1.54, 1.807) is 11.8 Å². The molecule has 0 radical (unpaired) electrons. The fourth-order valence-corrected chi connectivity index (χ4v) is 2.53. The lowest BCUT2D eigenvalue weighted by atomic mass is 10.1. The van der Waals surface area contributed by atoms with E-state index in [1.807, 2.05) is 25.1 Å². The molecule has 2 nitrogen and oxygen atoms in total. The second kappa shape index (κ2) is 5.81. The Morgan fingerprint density at radius 3 is 2.47 bits per heavy atom. The van der Waals surface area contributed by atoms with Crippen LogP contribution in [0.3, 0.4) is 0 Å². The molecule has 0 saturated carbocycles. The van der Waals surface area contributed by atoms with Crippen molar-refractivity contribution >= 4 is 17.7 Å². The van der Waals surface area contributed by atoms with Crippen molar-refractivity contribution in [2.45, 2.75) is 30.8 Å². The molecule has 0 bridgehead atoms. The van der Waals surface area contributed by atoms with Gasteiger partial charge < -0.3 is 5.73 Å². The van der Waals surface area contributed by atoms with Gasteiger partial charge in [-0.25, -0.2) is 0 Å². The molecule has 2 unspecified atom stereocenters. The van der Waals surface area contributed by atoms with Gasteiger partial charge >= 0.3 is 0 Å². The first kappa shape index (κ1) is 12.1. The van der Waals surface area contributed by atoms with Crippen LogP contribution in [-0.2, 0) is 4.79 Å². The number of hydrogen-bond acceptors (Lipinski definition) is 2. The molecule has 0 aliphatic rings. The largest absolute Gasteiger partial charge is 0.369 e. The summed E-state index contributed by atoms with van der Waals surface area (Å²) in [5, 5.41) is 0.226. The molecular weight excluding hydrogens is 206 g/mol. The van der Waals surface area contributed by atoms with E-state index >= 15 is 0 Å². The van der Waals surface area contributed by atoms with Gasteiger partial charge in [0.25, 0.3) is 0 Å². The van der Waals surface area contributed by atoms with Gasteiger partial charge in [0.15, 0.2) is 0 Å². The highest BCUT2D eigenvalue weighted by Gasteiger charge is 2.17. The highest BCUT2D eigenvalue weighted by molar-refractivity contribution is 8.00. The summed E-state index contributed by atoms with van der Waals surface area (Å²) in [6, 6.07) is 10.2. The average molecular weight is 223 g/mol. The lowest BCUT2D eigenvalue weighted by Gasteiger charge is -2.17. The predicted octanol–water partition coefficient (Wildman–Crippen LogP) is 2.74. The number of primary amides is 1. The topological polar surface area (TPSA) is 43.1 Å². The van der Waals surface area contributed by atoms with Crippen molar-refractivity contribution in [3.8, 4) is 0 Å². The second-order valence-electron chi connectivity index (χ2n) is 3.49. The van der Waals surface area contributed by atoms with Crippen molar-refractivity contribution in [2.24, 2.45) is 5.73 Å². The minimum Gasteiger partial charge on any atom is -0.369 e. The molecule has 0 aromatic heterocycles. The molecule has 0 saturated heterocycles. The number of nitrogens with two attached hydrogens (primary N) is 1. The number of carbonyl (C=O) groups excluding carboxylic acids is 1. The number of rotatable bonds is 5. The second-order valence-corrected chi connectivity index (χ2v) is 5.04. The molecule has 2 atom stereocenters. The fourth-order valence-electron chi connectivity index (χ4n) is 1.39. The fraction of sp³-hybridized carbons (Fsp3) is 0.417. The van der Waals surface area contributed by atoms with Crippen LogP contribution in [-0.4, -0.2) is 11.2 Å². The Kier molecular flexibility index (Phi) is 4.69. The minimum absolute atomic E-state index is 0.129. The summed E-state index contributed by atoms with van der Waals surface area (Å²) in [7, 11) is 0. The molecule has 0 aliphatic carbocycles. The first-order chi connectivity index (χ1) is 7.15. The standard InChI is InChI=1S/C12H17NOS/c1-3-11(15-9(2)12(13)14)10-7-5-4-6-8-10/h4-9,11H,3H2,1-2H3,(H2,13,14). The SMILES string of the molecule is CCC(SC(C)C(N)=O)c1ccccc1. The first-order valence-corrected chi connectivity index (χ1v) is 6.09. The van der Waals surface area contributed by atoms with Crippen molar-refractivity contribution in [1.29, 1.82) is 0 Å². The summed E-state index contributed by atoms with van der Waals surface area (Å²) < 4.78 is 0. The van der Waals surface area contributed by atoms with Crippen LogP contribution < -0.4 is 5.73 Å². The molecule has 0 aliphatic heterocycles. The van der Waals surface area contributed by atoms with E-state index < -0.39 is 0 Å². The van der Waals surface area contributed by atoms with Crippen LogP contribution in [0.4, 0.5) is 0 Å². The van der Waals surface area contributed by atoms with Gasteiger partial charge in [-0.1, -0.05) is 37.3 Å². The van der Waals surface area contributed by atoms with Crippen molar-refractivity contribution in [3.63, 3.8) is 0 Å². The Balaban J connectivity index is 2.69. The van der Waals surface area contributed by atoms with Gasteiger partial charge in [-0.2, -0.15) is 0 Å². The van der Waals surface area contributed by atoms with E-state index in [0.717, 1.165) is 6.42 Å². The summed E-state index contributed by atoms with van der Waals surface area (Å²) in [5.74, 6) is -0.241. The Hall–Kier alpha value is -0.960. The van der Waals surface area contributed by atoms with Crippen LogP contribution in [0.25, 0.3) is 0 Å². The van der Waals surface area contributed by atoms with Gasteiger partial charge in [-0.3, -0.25) is 4.79 Å². The lowest BCUT2D eigenvalue weighted by molar-refractivity contribution is -0.117. The normalized spacial score (nSPS) is 14.5. The van der Waals surface area contributed by atoms with Crippen LogP contribution in [0, 0.1) is 0 Å². The highest BCUT2D eigenvalue weighted by atomic mass is 32.2. The summed E-state index contributed by atoms with van der Waals surface area (Å²) in [6.45, 7) is 3.98. The summed E-state index contributed by atoms with van der Waals surface area (Å²) in [6.07, 6.45) is 1.01. The van der Waals surface area contributed by atoms with Crippen LogP contribution >= 0.6 is 11.8 Å². The maximum atomic E-state index is 11.0. The molecule has 82 valence electrons. The van der Waals surface area contributed by atoms with Crippen molar-refractivity contribution < 1.29 is 4.79 Å². The molecule has 3 heteroatoms. The minimum atomic E-state index is -0.241. The van der Waals surface area contributed by atoms with Gasteiger partial charge in [-0.05, 0) is 18.9 Å². The molecule has 0 fully saturated rings.